The summed E-state index contributed by atoms with van der Waals surface area (Å²) >= 11 is 0. The van der Waals surface area contributed by atoms with E-state index in [0.29, 0.717) is 0 Å². The number of hydrogen-bond acceptors (Lipinski definition) is 0. The molecule has 0 aromatic heterocycles. The van der Waals surface area contributed by atoms with Crippen LogP contribution in [0.2, 0.25) is 0 Å². The summed E-state index contributed by atoms with van der Waals surface area (Å²) in [6.07, 6.45) is 7.06. The van der Waals surface area contributed by atoms with E-state index in [0.717, 1.165) is 5.66 Å². The molecule has 1 unspecified atom stereocenters. The molecule has 0 saturated carbocycles. The zero-order valence-corrected chi connectivity index (χ0v) is 12.2. The number of rotatable bonds is 4. The van der Waals surface area contributed by atoms with Crippen molar-refractivity contribution in [3.63, 3.8) is 0 Å². The Labute approximate surface area is 117 Å². The first-order valence-corrected chi connectivity index (χ1v) is 9.04. The Hall–Kier alpha value is -1.13. The molecule has 1 saturated heterocycles. The summed E-state index contributed by atoms with van der Waals surface area (Å²) in [4.78, 5) is 0. The molecule has 1 aliphatic rings. The molecule has 0 amide bonds. The zero-order valence-electron chi connectivity index (χ0n) is 11.3. The fourth-order valence-corrected chi connectivity index (χ4v) is 6.19. The monoisotopic (exact) mass is 268 g/mol. The van der Waals surface area contributed by atoms with E-state index in [2.05, 4.69) is 60.7 Å². The molecular formula is C18H21P. The predicted molar refractivity (Wildman–Crippen MR) is 85.2 cm³/mol. The lowest BCUT2D eigenvalue weighted by molar-refractivity contribution is 0.915. The minimum absolute atomic E-state index is 0.191. The Morgan fingerprint density at radius 1 is 0.789 bits per heavy atom. The van der Waals surface area contributed by atoms with Crippen LogP contribution in [0.25, 0.3) is 0 Å². The van der Waals surface area contributed by atoms with Crippen LogP contribution >= 0.6 is 7.92 Å². The SMILES string of the molecule is c1ccc(CC(c2ccccc2)P2CCCC2)cc1. The van der Waals surface area contributed by atoms with E-state index in [1.807, 2.05) is 0 Å². The van der Waals surface area contributed by atoms with Crippen molar-refractivity contribution in [3.05, 3.63) is 71.8 Å². The average Bonchev–Trinajstić information content (AvgIpc) is 3.01. The summed E-state index contributed by atoms with van der Waals surface area (Å²) in [6.45, 7) is 0. The third kappa shape index (κ3) is 3.25. The number of benzene rings is 2. The van der Waals surface area contributed by atoms with Gasteiger partial charge in [0.2, 0.25) is 0 Å². The lowest BCUT2D eigenvalue weighted by atomic mass is 10.0. The van der Waals surface area contributed by atoms with Crippen molar-refractivity contribution in [3.8, 4) is 0 Å². The van der Waals surface area contributed by atoms with Crippen molar-refractivity contribution in [1.82, 2.24) is 0 Å². The van der Waals surface area contributed by atoms with Gasteiger partial charge in [0.15, 0.2) is 0 Å². The predicted octanol–water partition coefficient (Wildman–Crippen LogP) is 5.25. The van der Waals surface area contributed by atoms with Crippen LogP contribution in [0.3, 0.4) is 0 Å². The molecule has 1 aliphatic heterocycles. The summed E-state index contributed by atoms with van der Waals surface area (Å²) in [6, 6.07) is 22.2. The molecule has 0 N–H and O–H groups in total. The van der Waals surface area contributed by atoms with E-state index in [4.69, 9.17) is 0 Å². The van der Waals surface area contributed by atoms with Crippen molar-refractivity contribution in [1.29, 1.82) is 0 Å². The minimum Gasteiger partial charge on any atom is -0.0987 e. The molecule has 0 radical (unpaired) electrons. The van der Waals surface area contributed by atoms with Gasteiger partial charge in [-0.05, 0) is 42.7 Å². The summed E-state index contributed by atoms with van der Waals surface area (Å²) in [5.41, 5.74) is 3.81. The van der Waals surface area contributed by atoms with Crippen molar-refractivity contribution >= 4 is 7.92 Å². The number of hydrogen-bond donors (Lipinski definition) is 0. The quantitative estimate of drug-likeness (QED) is 0.665. The van der Waals surface area contributed by atoms with Crippen LogP contribution in [0.1, 0.15) is 29.6 Å². The Balaban J connectivity index is 1.84. The van der Waals surface area contributed by atoms with Crippen LogP contribution in [0.5, 0.6) is 0 Å². The maximum Gasteiger partial charge on any atom is 0.00822 e. The molecule has 1 atom stereocenters. The van der Waals surface area contributed by atoms with Crippen molar-refractivity contribution in [2.24, 2.45) is 0 Å². The molecule has 2 aromatic rings. The fraction of sp³-hybridized carbons (Fsp3) is 0.333. The molecule has 0 bridgehead atoms. The van der Waals surface area contributed by atoms with E-state index in [9.17, 15) is 0 Å². The maximum atomic E-state index is 2.33. The molecule has 0 nitrogen and oxygen atoms in total. The Morgan fingerprint density at radius 3 is 2.00 bits per heavy atom. The highest BCUT2D eigenvalue weighted by Gasteiger charge is 2.25. The van der Waals surface area contributed by atoms with E-state index in [-0.39, 0.29) is 7.92 Å². The van der Waals surface area contributed by atoms with Gasteiger partial charge in [-0.1, -0.05) is 68.6 Å². The first-order valence-electron chi connectivity index (χ1n) is 7.26. The second-order valence-electron chi connectivity index (χ2n) is 5.36. The van der Waals surface area contributed by atoms with Crippen LogP contribution < -0.4 is 0 Å². The van der Waals surface area contributed by atoms with Crippen molar-refractivity contribution < 1.29 is 0 Å². The third-order valence-electron chi connectivity index (χ3n) is 4.04. The van der Waals surface area contributed by atoms with E-state index >= 15 is 0 Å². The molecule has 3 rings (SSSR count). The lowest BCUT2D eigenvalue weighted by Gasteiger charge is -2.24. The van der Waals surface area contributed by atoms with Gasteiger partial charge in [-0.15, -0.1) is 0 Å². The minimum atomic E-state index is 0.191. The van der Waals surface area contributed by atoms with Crippen LogP contribution in [-0.4, -0.2) is 12.3 Å². The fourth-order valence-electron chi connectivity index (χ4n) is 3.02. The third-order valence-corrected chi connectivity index (χ3v) is 7.18. The maximum absolute atomic E-state index is 2.33. The zero-order chi connectivity index (χ0) is 12.9. The normalized spacial score (nSPS) is 17.5. The Kier molecular flexibility index (Phi) is 4.30. The van der Waals surface area contributed by atoms with Crippen molar-refractivity contribution in [2.75, 3.05) is 12.3 Å². The topological polar surface area (TPSA) is 0 Å². The van der Waals surface area contributed by atoms with Gasteiger partial charge in [-0.3, -0.25) is 0 Å². The van der Waals surface area contributed by atoms with Gasteiger partial charge in [0.25, 0.3) is 0 Å². The highest BCUT2D eigenvalue weighted by Crippen LogP contribution is 2.56. The summed E-state index contributed by atoms with van der Waals surface area (Å²) in [7, 11) is 0.191. The van der Waals surface area contributed by atoms with E-state index < -0.39 is 0 Å². The molecule has 1 fully saturated rings. The molecule has 19 heavy (non-hydrogen) atoms. The first-order chi connectivity index (χ1) is 9.43. The first kappa shape index (κ1) is 12.9. The van der Waals surface area contributed by atoms with Gasteiger partial charge in [0.1, 0.15) is 0 Å². The highest BCUT2D eigenvalue weighted by molar-refractivity contribution is 7.58. The standard InChI is InChI=1S/C18H21P/c1-3-9-16(10-4-1)15-18(19-13-7-8-14-19)17-11-5-2-6-12-17/h1-6,9-12,18H,7-8,13-15H2. The summed E-state index contributed by atoms with van der Waals surface area (Å²) < 4.78 is 0. The summed E-state index contributed by atoms with van der Waals surface area (Å²) in [5.74, 6) is 0. The van der Waals surface area contributed by atoms with Crippen LogP contribution in [-0.2, 0) is 6.42 Å². The van der Waals surface area contributed by atoms with Gasteiger partial charge in [-0.25, -0.2) is 0 Å². The van der Waals surface area contributed by atoms with E-state index in [1.165, 1.54) is 37.1 Å². The molecule has 0 spiro atoms. The average molecular weight is 268 g/mol. The van der Waals surface area contributed by atoms with Crippen LogP contribution in [0.15, 0.2) is 60.7 Å². The second kappa shape index (κ2) is 6.35. The largest absolute Gasteiger partial charge is 0.0987 e. The molecular weight excluding hydrogens is 247 g/mol. The van der Waals surface area contributed by atoms with Gasteiger partial charge in [0.05, 0.1) is 0 Å². The van der Waals surface area contributed by atoms with Gasteiger partial charge in [-0.2, -0.15) is 0 Å². The Morgan fingerprint density at radius 2 is 1.37 bits per heavy atom. The van der Waals surface area contributed by atoms with Gasteiger partial charge >= 0.3 is 0 Å². The van der Waals surface area contributed by atoms with Crippen LogP contribution in [0, 0.1) is 0 Å². The van der Waals surface area contributed by atoms with Gasteiger partial charge in [0, 0.05) is 5.66 Å². The van der Waals surface area contributed by atoms with Crippen molar-refractivity contribution in [2.45, 2.75) is 24.9 Å². The molecule has 98 valence electrons. The molecule has 1 heterocycles. The second-order valence-corrected chi connectivity index (χ2v) is 8.05. The van der Waals surface area contributed by atoms with E-state index in [1.54, 1.807) is 5.56 Å². The molecule has 1 heteroatoms. The Bertz CT molecular complexity index is 486. The van der Waals surface area contributed by atoms with Gasteiger partial charge < -0.3 is 0 Å². The molecule has 2 aromatic carbocycles. The van der Waals surface area contributed by atoms with Crippen LogP contribution in [0.4, 0.5) is 0 Å². The lowest BCUT2D eigenvalue weighted by Crippen LogP contribution is -2.02. The smallest absolute Gasteiger partial charge is 0.00822 e. The highest BCUT2D eigenvalue weighted by atomic mass is 31.1. The summed E-state index contributed by atoms with van der Waals surface area (Å²) in [5, 5.41) is 0. The molecule has 0 aliphatic carbocycles.